The minimum Gasteiger partial charge on any atom is -0.492 e. The van der Waals surface area contributed by atoms with E-state index in [4.69, 9.17) is 9.47 Å². The summed E-state index contributed by atoms with van der Waals surface area (Å²) in [4.78, 5) is 26.4. The van der Waals surface area contributed by atoms with Crippen LogP contribution in [0.5, 0.6) is 0 Å². The summed E-state index contributed by atoms with van der Waals surface area (Å²) >= 11 is 0. The predicted octanol–water partition coefficient (Wildman–Crippen LogP) is 4.57. The molecule has 6 heteroatoms. The molecule has 0 spiro atoms. The lowest BCUT2D eigenvalue weighted by molar-refractivity contribution is -0.129. The lowest BCUT2D eigenvalue weighted by Crippen LogP contribution is -2.27. The highest BCUT2D eigenvalue weighted by Gasteiger charge is 2.29. The first-order chi connectivity index (χ1) is 14.4. The lowest BCUT2D eigenvalue weighted by atomic mass is 9.82. The van der Waals surface area contributed by atoms with Crippen LogP contribution in [0.15, 0.2) is 24.8 Å². The molecular weight excluding hydrogens is 380 g/mol. The number of methoxy groups -OCH3 is 1. The molecule has 0 aliphatic heterocycles. The van der Waals surface area contributed by atoms with Gasteiger partial charge in [-0.15, -0.1) is 0 Å². The molecule has 1 saturated carbocycles. The topological polar surface area (TPSA) is 60.8 Å². The van der Waals surface area contributed by atoms with E-state index >= 15 is 0 Å². The van der Waals surface area contributed by atoms with E-state index in [0.717, 1.165) is 29.4 Å². The Balaban J connectivity index is 2.29. The van der Waals surface area contributed by atoms with Crippen LogP contribution in [0.1, 0.15) is 66.6 Å². The minimum atomic E-state index is -0.395. The molecule has 2 aromatic rings. The Morgan fingerprint density at radius 3 is 2.50 bits per heavy atom. The number of esters is 1. The smallest absolute Gasteiger partial charge is 0.337 e. The number of hydrogen-bond acceptors (Lipinski definition) is 4. The van der Waals surface area contributed by atoms with Crippen molar-refractivity contribution < 1.29 is 19.1 Å². The van der Waals surface area contributed by atoms with Gasteiger partial charge >= 0.3 is 5.97 Å². The molecule has 0 saturated heterocycles. The van der Waals surface area contributed by atoms with Crippen molar-refractivity contribution in [2.75, 3.05) is 27.8 Å². The maximum absolute atomic E-state index is 12.7. The van der Waals surface area contributed by atoms with Crippen molar-refractivity contribution in [3.05, 3.63) is 41.6 Å². The first kappa shape index (κ1) is 21.9. The largest absolute Gasteiger partial charge is 0.492 e. The highest BCUT2D eigenvalue weighted by atomic mass is 16.5. The van der Waals surface area contributed by atoms with Gasteiger partial charge in [-0.1, -0.05) is 31.9 Å². The van der Waals surface area contributed by atoms with Crippen molar-refractivity contribution in [1.82, 2.24) is 9.47 Å². The summed E-state index contributed by atoms with van der Waals surface area (Å²) in [6, 6.07) is 5.59. The molecular formula is C24H32N2O4. The number of benzene rings is 1. The molecule has 0 unspecified atom stereocenters. The fraction of sp³-hybridized carbons (Fsp3) is 0.500. The zero-order chi connectivity index (χ0) is 21.8. The number of aromatic nitrogens is 1. The van der Waals surface area contributed by atoms with Gasteiger partial charge in [0.05, 0.1) is 30.5 Å². The van der Waals surface area contributed by atoms with Gasteiger partial charge in [0.2, 0.25) is 5.91 Å². The van der Waals surface area contributed by atoms with E-state index < -0.39 is 5.97 Å². The van der Waals surface area contributed by atoms with Crippen molar-refractivity contribution in [3.63, 3.8) is 0 Å². The monoisotopic (exact) mass is 412 g/mol. The highest BCUT2D eigenvalue weighted by Crippen LogP contribution is 2.42. The Morgan fingerprint density at radius 2 is 1.90 bits per heavy atom. The van der Waals surface area contributed by atoms with Gasteiger partial charge in [-0.25, -0.2) is 4.79 Å². The second-order valence-corrected chi connectivity index (χ2v) is 8.05. The van der Waals surface area contributed by atoms with E-state index in [1.54, 1.807) is 25.1 Å². The average Bonchev–Trinajstić information content (AvgIpc) is 3.07. The van der Waals surface area contributed by atoms with Crippen LogP contribution in [0.3, 0.4) is 0 Å². The van der Waals surface area contributed by atoms with Crippen LogP contribution in [0.4, 0.5) is 0 Å². The Hall–Kier alpha value is -2.76. The summed E-state index contributed by atoms with van der Waals surface area (Å²) in [6.07, 6.45) is 5.84. The van der Waals surface area contributed by atoms with Gasteiger partial charge in [-0.05, 0) is 43.4 Å². The number of amides is 1. The molecule has 3 rings (SSSR count). The molecule has 0 bridgehead atoms. The third kappa shape index (κ3) is 4.23. The molecule has 1 fully saturated rings. The zero-order valence-corrected chi connectivity index (χ0v) is 18.5. The summed E-state index contributed by atoms with van der Waals surface area (Å²) in [5.74, 6) is 0.526. The van der Waals surface area contributed by atoms with Crippen LogP contribution in [0.25, 0.3) is 16.7 Å². The fourth-order valence-corrected chi connectivity index (χ4v) is 4.41. The van der Waals surface area contributed by atoms with Crippen LogP contribution >= 0.6 is 0 Å². The predicted molar refractivity (Wildman–Crippen MR) is 118 cm³/mol. The third-order valence-electron chi connectivity index (χ3n) is 5.91. The molecule has 1 aliphatic carbocycles. The van der Waals surface area contributed by atoms with Crippen LogP contribution in [0.2, 0.25) is 0 Å². The van der Waals surface area contributed by atoms with E-state index in [1.807, 2.05) is 23.6 Å². The van der Waals surface area contributed by atoms with Crippen molar-refractivity contribution in [2.45, 2.75) is 51.5 Å². The Labute approximate surface area is 178 Å². The van der Waals surface area contributed by atoms with Gasteiger partial charge in [-0.3, -0.25) is 4.79 Å². The van der Waals surface area contributed by atoms with Gasteiger partial charge in [-0.2, -0.15) is 0 Å². The van der Waals surface area contributed by atoms with E-state index in [1.165, 1.54) is 31.9 Å². The maximum atomic E-state index is 12.7. The number of ether oxygens (including phenoxy) is 2. The normalized spacial score (nSPS) is 14.5. The fourth-order valence-electron chi connectivity index (χ4n) is 4.41. The molecule has 0 N–H and O–H groups in total. The quantitative estimate of drug-likeness (QED) is 0.494. The molecule has 6 nitrogen and oxygen atoms in total. The molecule has 162 valence electrons. The van der Waals surface area contributed by atoms with Gasteiger partial charge in [0, 0.05) is 19.5 Å². The number of likely N-dealkylation sites (N-methyl/N-ethyl adjacent to an activating group) is 1. The Morgan fingerprint density at radius 1 is 1.20 bits per heavy atom. The number of rotatable bonds is 7. The SMILES string of the molecule is C=C(OCC)c1c(C2CCCCC2)c2ccc(C(=O)OC)cc2n1CC(=O)N(C)C. The second kappa shape index (κ2) is 9.37. The van der Waals surface area contributed by atoms with Gasteiger partial charge in [0.15, 0.2) is 0 Å². The van der Waals surface area contributed by atoms with Crippen molar-refractivity contribution in [1.29, 1.82) is 0 Å². The zero-order valence-electron chi connectivity index (χ0n) is 18.5. The minimum absolute atomic E-state index is 0.0314. The van der Waals surface area contributed by atoms with Crippen molar-refractivity contribution in [2.24, 2.45) is 0 Å². The van der Waals surface area contributed by atoms with Gasteiger partial charge in [0.25, 0.3) is 0 Å². The summed E-state index contributed by atoms with van der Waals surface area (Å²) in [5.41, 5.74) is 3.36. The van der Waals surface area contributed by atoms with Gasteiger partial charge < -0.3 is 18.9 Å². The molecule has 1 amide bonds. The Kier molecular flexibility index (Phi) is 6.85. The Bertz CT molecular complexity index is 952. The number of hydrogen-bond donors (Lipinski definition) is 0. The first-order valence-electron chi connectivity index (χ1n) is 10.7. The third-order valence-corrected chi connectivity index (χ3v) is 5.91. The van der Waals surface area contributed by atoms with Crippen molar-refractivity contribution in [3.8, 4) is 0 Å². The lowest BCUT2D eigenvalue weighted by Gasteiger charge is -2.24. The van der Waals surface area contributed by atoms with E-state index in [9.17, 15) is 9.59 Å². The average molecular weight is 413 g/mol. The number of carbonyl (C=O) groups excluding carboxylic acids is 2. The summed E-state index contributed by atoms with van der Waals surface area (Å²) < 4.78 is 12.7. The highest BCUT2D eigenvalue weighted by molar-refractivity contribution is 5.98. The molecule has 0 radical (unpaired) electrons. The molecule has 0 atom stereocenters. The van der Waals surface area contributed by atoms with Crippen LogP contribution in [0, 0.1) is 0 Å². The number of fused-ring (bicyclic) bond motifs is 1. The summed E-state index contributed by atoms with van der Waals surface area (Å²) in [6.45, 7) is 6.78. The van der Waals surface area contributed by atoms with E-state index in [0.29, 0.717) is 23.8 Å². The maximum Gasteiger partial charge on any atom is 0.337 e. The number of carbonyl (C=O) groups is 2. The number of nitrogens with zero attached hydrogens (tertiary/aromatic N) is 2. The molecule has 1 aliphatic rings. The van der Waals surface area contributed by atoms with Crippen LogP contribution in [-0.4, -0.2) is 49.2 Å². The molecule has 1 heterocycles. The molecule has 1 aromatic carbocycles. The van der Waals surface area contributed by atoms with E-state index in [-0.39, 0.29) is 12.5 Å². The molecule has 1 aromatic heterocycles. The van der Waals surface area contributed by atoms with E-state index in [2.05, 4.69) is 6.58 Å². The summed E-state index contributed by atoms with van der Waals surface area (Å²) in [5, 5.41) is 1.05. The van der Waals surface area contributed by atoms with Crippen LogP contribution in [-0.2, 0) is 20.8 Å². The van der Waals surface area contributed by atoms with Gasteiger partial charge in [0.1, 0.15) is 12.3 Å². The first-order valence-corrected chi connectivity index (χ1v) is 10.7. The second-order valence-electron chi connectivity index (χ2n) is 8.05. The molecule has 30 heavy (non-hydrogen) atoms. The van der Waals surface area contributed by atoms with Crippen molar-refractivity contribution >= 4 is 28.5 Å². The van der Waals surface area contributed by atoms with Crippen LogP contribution < -0.4 is 0 Å². The standard InChI is InChI=1S/C24H32N2O4/c1-6-30-16(2)23-22(17-10-8-7-9-11-17)19-13-12-18(24(28)29-5)14-20(19)26(23)15-21(27)25(3)4/h12-14,17H,2,6-11,15H2,1,3-5H3. The summed E-state index contributed by atoms with van der Waals surface area (Å²) in [7, 11) is 4.86.